The molecule has 0 saturated heterocycles. The van der Waals surface area contributed by atoms with E-state index in [9.17, 15) is 5.11 Å². The fourth-order valence-corrected chi connectivity index (χ4v) is 2.57. The number of aliphatic hydroxyl groups excluding tert-OH is 1. The number of aliphatic hydroxyl groups is 1. The van der Waals surface area contributed by atoms with E-state index in [0.29, 0.717) is 16.7 Å². The van der Waals surface area contributed by atoms with Crippen LogP contribution in [0, 0.1) is 5.92 Å². The first-order valence-electron chi connectivity index (χ1n) is 7.13. The van der Waals surface area contributed by atoms with Crippen molar-refractivity contribution in [2.24, 2.45) is 5.92 Å². The maximum atomic E-state index is 10.4. The summed E-state index contributed by atoms with van der Waals surface area (Å²) in [6.07, 6.45) is 4.96. The van der Waals surface area contributed by atoms with Gasteiger partial charge in [0, 0.05) is 10.6 Å². The van der Waals surface area contributed by atoms with Crippen LogP contribution in [0.25, 0.3) is 0 Å². The van der Waals surface area contributed by atoms with Crippen LogP contribution < -0.4 is 4.74 Å². The number of benzene rings is 1. The molecule has 0 spiro atoms. The highest BCUT2D eigenvalue weighted by atomic mass is 35.5. The highest BCUT2D eigenvalue weighted by Gasteiger charge is 2.18. The van der Waals surface area contributed by atoms with Crippen molar-refractivity contribution in [3.05, 3.63) is 28.8 Å². The first-order chi connectivity index (χ1) is 9.12. The molecule has 0 aliphatic carbocycles. The molecule has 0 amide bonds. The molecule has 0 aromatic heterocycles. The van der Waals surface area contributed by atoms with E-state index in [2.05, 4.69) is 13.8 Å². The summed E-state index contributed by atoms with van der Waals surface area (Å²) >= 11 is 6.01. The predicted molar refractivity (Wildman–Crippen MR) is 80.9 cm³/mol. The highest BCUT2D eigenvalue weighted by Crippen LogP contribution is 2.33. The average Bonchev–Trinajstić information content (AvgIpc) is 2.43. The molecule has 1 rings (SSSR count). The molecule has 19 heavy (non-hydrogen) atoms. The van der Waals surface area contributed by atoms with Crippen LogP contribution in [-0.4, -0.2) is 12.2 Å². The Morgan fingerprint density at radius 2 is 2.05 bits per heavy atom. The van der Waals surface area contributed by atoms with Crippen LogP contribution in [0.4, 0.5) is 0 Å². The van der Waals surface area contributed by atoms with Crippen LogP contribution in [0.1, 0.15) is 57.6 Å². The minimum absolute atomic E-state index is 0.504. The molecule has 0 bridgehead atoms. The van der Waals surface area contributed by atoms with Crippen LogP contribution in [0.15, 0.2) is 18.2 Å². The lowest BCUT2D eigenvalue weighted by Crippen LogP contribution is -2.08. The lowest BCUT2D eigenvalue weighted by atomic mass is 9.90. The minimum Gasteiger partial charge on any atom is -0.496 e. The van der Waals surface area contributed by atoms with Gasteiger partial charge in [0.05, 0.1) is 13.2 Å². The normalized spacial score (nSPS) is 14.2. The lowest BCUT2D eigenvalue weighted by molar-refractivity contribution is 0.136. The second kappa shape index (κ2) is 8.44. The Morgan fingerprint density at radius 1 is 1.32 bits per heavy atom. The molecule has 2 nitrogen and oxygen atoms in total. The first-order valence-corrected chi connectivity index (χ1v) is 7.51. The van der Waals surface area contributed by atoms with Crippen molar-refractivity contribution in [2.45, 2.75) is 52.1 Å². The number of hydrogen-bond donors (Lipinski definition) is 1. The second-order valence-electron chi connectivity index (χ2n) is 5.05. The average molecular weight is 285 g/mol. The van der Waals surface area contributed by atoms with Crippen molar-refractivity contribution in [1.29, 1.82) is 0 Å². The summed E-state index contributed by atoms with van der Waals surface area (Å²) in [4.78, 5) is 0. The van der Waals surface area contributed by atoms with E-state index in [1.165, 1.54) is 19.3 Å². The summed E-state index contributed by atoms with van der Waals surface area (Å²) in [5, 5.41) is 11.1. The van der Waals surface area contributed by atoms with Crippen molar-refractivity contribution in [3.63, 3.8) is 0 Å². The minimum atomic E-state index is -0.504. The number of ether oxygens (including phenoxy) is 1. The van der Waals surface area contributed by atoms with Crippen LogP contribution in [-0.2, 0) is 0 Å². The van der Waals surface area contributed by atoms with E-state index >= 15 is 0 Å². The maximum Gasteiger partial charge on any atom is 0.124 e. The van der Waals surface area contributed by atoms with Gasteiger partial charge in [-0.15, -0.1) is 0 Å². The molecule has 2 unspecified atom stereocenters. The summed E-state index contributed by atoms with van der Waals surface area (Å²) in [6.45, 7) is 4.38. The van der Waals surface area contributed by atoms with E-state index in [-0.39, 0.29) is 0 Å². The molecule has 0 heterocycles. The zero-order valence-electron chi connectivity index (χ0n) is 12.2. The number of halogens is 1. The number of methoxy groups -OCH3 is 1. The zero-order chi connectivity index (χ0) is 14.3. The molecule has 108 valence electrons. The summed E-state index contributed by atoms with van der Waals surface area (Å²) < 4.78 is 5.30. The maximum absolute atomic E-state index is 10.4. The van der Waals surface area contributed by atoms with Gasteiger partial charge in [-0.2, -0.15) is 0 Å². The molecule has 0 saturated carbocycles. The Kier molecular flexibility index (Phi) is 7.25. The van der Waals surface area contributed by atoms with E-state index in [1.807, 2.05) is 6.07 Å². The number of unbranched alkanes of at least 4 members (excludes halogenated alkanes) is 1. The fourth-order valence-electron chi connectivity index (χ4n) is 2.39. The van der Waals surface area contributed by atoms with Gasteiger partial charge >= 0.3 is 0 Å². The van der Waals surface area contributed by atoms with E-state index in [1.54, 1.807) is 19.2 Å². The molecule has 1 aromatic carbocycles. The molecule has 1 aromatic rings. The summed E-state index contributed by atoms with van der Waals surface area (Å²) in [5.74, 6) is 1.26. The molecular weight excluding hydrogens is 260 g/mol. The second-order valence-corrected chi connectivity index (χ2v) is 5.49. The third-order valence-corrected chi connectivity index (χ3v) is 3.89. The van der Waals surface area contributed by atoms with E-state index < -0.39 is 6.10 Å². The molecular formula is C16H25ClO2. The van der Waals surface area contributed by atoms with Crippen LogP contribution in [0.3, 0.4) is 0 Å². The van der Waals surface area contributed by atoms with Crippen LogP contribution >= 0.6 is 11.6 Å². The largest absolute Gasteiger partial charge is 0.496 e. The summed E-state index contributed by atoms with van der Waals surface area (Å²) in [7, 11) is 1.62. The fraction of sp³-hybridized carbons (Fsp3) is 0.625. The smallest absolute Gasteiger partial charge is 0.124 e. The van der Waals surface area contributed by atoms with Crippen molar-refractivity contribution >= 4 is 11.6 Å². The van der Waals surface area contributed by atoms with Crippen molar-refractivity contribution in [1.82, 2.24) is 0 Å². The third kappa shape index (κ3) is 5.04. The highest BCUT2D eigenvalue weighted by molar-refractivity contribution is 6.30. The monoisotopic (exact) mass is 284 g/mol. The first kappa shape index (κ1) is 16.3. The van der Waals surface area contributed by atoms with Gasteiger partial charge in [0.25, 0.3) is 0 Å². The van der Waals surface area contributed by atoms with Gasteiger partial charge in [0.15, 0.2) is 0 Å². The Labute approximate surface area is 121 Å². The standard InChI is InChI=1S/C16H25ClO2/c1-4-6-7-12(5-2)10-15(18)14-11-13(17)8-9-16(14)19-3/h8-9,11-12,15,18H,4-7,10H2,1-3H3. The van der Waals surface area contributed by atoms with Crippen LogP contribution in [0.2, 0.25) is 5.02 Å². The SMILES string of the molecule is CCCCC(CC)CC(O)c1cc(Cl)ccc1OC. The quantitative estimate of drug-likeness (QED) is 0.729. The van der Waals surface area contributed by atoms with Gasteiger partial charge in [-0.05, 0) is 30.5 Å². The third-order valence-electron chi connectivity index (χ3n) is 3.65. The van der Waals surface area contributed by atoms with Gasteiger partial charge < -0.3 is 9.84 Å². The Balaban J connectivity index is 2.75. The number of hydrogen-bond acceptors (Lipinski definition) is 2. The van der Waals surface area contributed by atoms with Gasteiger partial charge in [-0.25, -0.2) is 0 Å². The van der Waals surface area contributed by atoms with Gasteiger partial charge in [-0.1, -0.05) is 51.1 Å². The van der Waals surface area contributed by atoms with Crippen molar-refractivity contribution in [3.8, 4) is 5.75 Å². The van der Waals surface area contributed by atoms with E-state index in [0.717, 1.165) is 18.4 Å². The van der Waals surface area contributed by atoms with Crippen molar-refractivity contribution < 1.29 is 9.84 Å². The van der Waals surface area contributed by atoms with Crippen molar-refractivity contribution in [2.75, 3.05) is 7.11 Å². The Hall–Kier alpha value is -0.730. The van der Waals surface area contributed by atoms with E-state index in [4.69, 9.17) is 16.3 Å². The van der Waals surface area contributed by atoms with Gasteiger partial charge in [-0.3, -0.25) is 0 Å². The predicted octanol–water partition coefficient (Wildman–Crippen LogP) is 4.99. The topological polar surface area (TPSA) is 29.5 Å². The Morgan fingerprint density at radius 3 is 2.63 bits per heavy atom. The zero-order valence-corrected chi connectivity index (χ0v) is 12.9. The molecule has 0 aliphatic rings. The Bertz CT molecular complexity index is 379. The van der Waals surface area contributed by atoms with Gasteiger partial charge in [0.2, 0.25) is 0 Å². The summed E-state index contributed by atoms with van der Waals surface area (Å²) in [5.41, 5.74) is 0.796. The molecule has 0 fully saturated rings. The molecule has 0 aliphatic heterocycles. The van der Waals surface area contributed by atoms with Crippen LogP contribution in [0.5, 0.6) is 5.75 Å². The molecule has 2 atom stereocenters. The molecule has 1 N–H and O–H groups in total. The molecule has 3 heteroatoms. The molecule has 0 radical (unpaired) electrons. The summed E-state index contributed by atoms with van der Waals surface area (Å²) in [6, 6.07) is 5.40. The lowest BCUT2D eigenvalue weighted by Gasteiger charge is -2.20. The number of rotatable bonds is 8. The van der Waals surface area contributed by atoms with Gasteiger partial charge in [0.1, 0.15) is 5.75 Å².